The topological polar surface area (TPSA) is 79.3 Å². The number of hydrogen-bond acceptors (Lipinski definition) is 6. The van der Waals surface area contributed by atoms with Crippen molar-refractivity contribution in [2.45, 2.75) is 38.1 Å². The van der Waals surface area contributed by atoms with Gasteiger partial charge in [-0.05, 0) is 19.8 Å². The van der Waals surface area contributed by atoms with Gasteiger partial charge in [-0.15, -0.1) is 0 Å². The molecule has 0 radical (unpaired) electrons. The minimum atomic E-state index is -4.57. The largest absolute Gasteiger partial charge is 0.433 e. The fourth-order valence-corrected chi connectivity index (χ4v) is 2.04. The first-order valence-electron chi connectivity index (χ1n) is 7.07. The highest BCUT2D eigenvalue weighted by molar-refractivity contribution is 5.43. The predicted molar refractivity (Wildman–Crippen MR) is 74.7 cm³/mol. The summed E-state index contributed by atoms with van der Waals surface area (Å²) in [6.45, 7) is 2.44. The van der Waals surface area contributed by atoms with Crippen molar-refractivity contribution < 1.29 is 23.0 Å². The van der Waals surface area contributed by atoms with E-state index in [0.717, 1.165) is 18.9 Å². The molecule has 2 rings (SSSR count). The number of aromatic nitrogens is 2. The number of aliphatic hydroxyl groups is 1. The zero-order valence-corrected chi connectivity index (χ0v) is 12.2. The van der Waals surface area contributed by atoms with Crippen LogP contribution in [0.1, 0.15) is 25.5 Å². The van der Waals surface area contributed by atoms with Crippen LogP contribution < -0.4 is 10.6 Å². The molecule has 0 unspecified atom stereocenters. The van der Waals surface area contributed by atoms with Gasteiger partial charge < -0.3 is 20.5 Å². The van der Waals surface area contributed by atoms with Gasteiger partial charge >= 0.3 is 6.18 Å². The number of nitrogens with zero attached hydrogens (tertiary/aromatic N) is 2. The van der Waals surface area contributed by atoms with E-state index in [2.05, 4.69) is 20.6 Å². The van der Waals surface area contributed by atoms with E-state index >= 15 is 0 Å². The molecular formula is C13H19F3N4O2. The van der Waals surface area contributed by atoms with Crippen LogP contribution in [0.25, 0.3) is 0 Å². The van der Waals surface area contributed by atoms with Crippen LogP contribution in [0, 0.1) is 0 Å². The third-order valence-electron chi connectivity index (χ3n) is 3.20. The van der Waals surface area contributed by atoms with Gasteiger partial charge in [0.1, 0.15) is 5.82 Å². The molecule has 1 aliphatic rings. The lowest BCUT2D eigenvalue weighted by molar-refractivity contribution is -0.141. The van der Waals surface area contributed by atoms with E-state index in [1.807, 2.05) is 0 Å². The van der Waals surface area contributed by atoms with E-state index < -0.39 is 17.9 Å². The number of anilines is 2. The molecule has 0 saturated carbocycles. The zero-order chi connectivity index (χ0) is 16.2. The minimum Gasteiger partial charge on any atom is -0.394 e. The molecule has 9 heteroatoms. The number of alkyl halides is 3. The quantitative estimate of drug-likeness (QED) is 0.743. The Hall–Kier alpha value is -1.61. The number of hydrogen-bond donors (Lipinski definition) is 3. The van der Waals surface area contributed by atoms with E-state index in [-0.39, 0.29) is 24.5 Å². The lowest BCUT2D eigenvalue weighted by Gasteiger charge is -2.16. The summed E-state index contributed by atoms with van der Waals surface area (Å²) < 4.78 is 44.1. The molecule has 1 aromatic heterocycles. The number of nitrogens with one attached hydrogen (secondary N) is 2. The van der Waals surface area contributed by atoms with E-state index in [1.54, 1.807) is 6.92 Å². The van der Waals surface area contributed by atoms with Crippen LogP contribution in [0.2, 0.25) is 0 Å². The molecule has 1 aliphatic heterocycles. The number of aliphatic hydroxyl groups excluding tert-OH is 1. The molecule has 0 bridgehead atoms. The average Bonchev–Trinajstić information content (AvgIpc) is 2.97. The summed E-state index contributed by atoms with van der Waals surface area (Å²) in [4.78, 5) is 7.44. The average molecular weight is 320 g/mol. The fourth-order valence-electron chi connectivity index (χ4n) is 2.04. The molecule has 2 atom stereocenters. The van der Waals surface area contributed by atoms with Crippen LogP contribution in [0.5, 0.6) is 0 Å². The molecule has 1 fully saturated rings. The minimum absolute atomic E-state index is 0.0166. The maximum atomic E-state index is 12.9. The van der Waals surface area contributed by atoms with Crippen molar-refractivity contribution in [3.63, 3.8) is 0 Å². The van der Waals surface area contributed by atoms with Crippen molar-refractivity contribution in [3.8, 4) is 0 Å². The lowest BCUT2D eigenvalue weighted by Crippen LogP contribution is -2.24. The summed E-state index contributed by atoms with van der Waals surface area (Å²) in [6, 6.07) is 0.415. The Kier molecular flexibility index (Phi) is 5.41. The maximum Gasteiger partial charge on any atom is 0.433 e. The number of ether oxygens (including phenoxy) is 1. The number of halogens is 3. The van der Waals surface area contributed by atoms with Crippen LogP contribution >= 0.6 is 0 Å². The van der Waals surface area contributed by atoms with Crippen LogP contribution in [-0.2, 0) is 10.9 Å². The van der Waals surface area contributed by atoms with Gasteiger partial charge in [0.05, 0.1) is 12.7 Å². The summed E-state index contributed by atoms with van der Waals surface area (Å²) in [7, 11) is 0. The molecule has 2 heterocycles. The molecule has 1 aromatic rings. The smallest absolute Gasteiger partial charge is 0.394 e. The Morgan fingerprint density at radius 3 is 2.82 bits per heavy atom. The zero-order valence-electron chi connectivity index (χ0n) is 12.2. The second-order valence-electron chi connectivity index (χ2n) is 5.20. The first kappa shape index (κ1) is 16.8. The lowest BCUT2D eigenvalue weighted by atomic mass is 10.2. The molecule has 6 nitrogen and oxygen atoms in total. The van der Waals surface area contributed by atoms with Crippen LogP contribution in [0.15, 0.2) is 6.07 Å². The van der Waals surface area contributed by atoms with E-state index in [9.17, 15) is 13.2 Å². The second-order valence-corrected chi connectivity index (χ2v) is 5.20. The summed E-state index contributed by atoms with van der Waals surface area (Å²) in [6.07, 6.45) is -2.76. The first-order chi connectivity index (χ1) is 10.4. The van der Waals surface area contributed by atoms with Gasteiger partial charge in [0.25, 0.3) is 0 Å². The number of rotatable bonds is 6. The summed E-state index contributed by atoms with van der Waals surface area (Å²) in [5, 5.41) is 14.5. The Balaban J connectivity index is 2.13. The Bertz CT molecular complexity index is 493. The highest BCUT2D eigenvalue weighted by atomic mass is 19.4. The highest BCUT2D eigenvalue weighted by Gasteiger charge is 2.34. The van der Waals surface area contributed by atoms with Gasteiger partial charge in [0.2, 0.25) is 5.95 Å². The van der Waals surface area contributed by atoms with Gasteiger partial charge in [0, 0.05) is 25.3 Å². The summed E-state index contributed by atoms with van der Waals surface area (Å²) >= 11 is 0. The van der Waals surface area contributed by atoms with Gasteiger partial charge in [0.15, 0.2) is 5.69 Å². The van der Waals surface area contributed by atoms with Crippen LogP contribution in [-0.4, -0.2) is 47.0 Å². The molecule has 0 spiro atoms. The highest BCUT2D eigenvalue weighted by Crippen LogP contribution is 2.29. The first-order valence-corrected chi connectivity index (χ1v) is 7.07. The Morgan fingerprint density at radius 1 is 1.45 bits per heavy atom. The third kappa shape index (κ3) is 4.70. The van der Waals surface area contributed by atoms with Crippen molar-refractivity contribution in [2.24, 2.45) is 0 Å². The van der Waals surface area contributed by atoms with Gasteiger partial charge in [-0.25, -0.2) is 4.98 Å². The molecule has 1 saturated heterocycles. The van der Waals surface area contributed by atoms with E-state index in [1.165, 1.54) is 0 Å². The van der Waals surface area contributed by atoms with Crippen molar-refractivity contribution in [3.05, 3.63) is 11.8 Å². The van der Waals surface area contributed by atoms with Crippen molar-refractivity contribution in [1.29, 1.82) is 0 Å². The van der Waals surface area contributed by atoms with Gasteiger partial charge in [-0.1, -0.05) is 0 Å². The molecule has 0 aliphatic carbocycles. The second kappa shape index (κ2) is 7.10. The molecule has 124 valence electrons. The predicted octanol–water partition coefficient (Wildman–Crippen LogP) is 1.88. The van der Waals surface area contributed by atoms with Crippen molar-refractivity contribution in [1.82, 2.24) is 9.97 Å². The van der Waals surface area contributed by atoms with Gasteiger partial charge in [-0.2, -0.15) is 18.2 Å². The van der Waals surface area contributed by atoms with Crippen LogP contribution in [0.3, 0.4) is 0 Å². The molecular weight excluding hydrogens is 301 g/mol. The molecule has 0 amide bonds. The summed E-state index contributed by atoms with van der Waals surface area (Å²) in [5.74, 6) is -0.100. The third-order valence-corrected chi connectivity index (χ3v) is 3.20. The van der Waals surface area contributed by atoms with Gasteiger partial charge in [-0.3, -0.25) is 0 Å². The summed E-state index contributed by atoms with van der Waals surface area (Å²) in [5.41, 5.74) is -1.04. The van der Waals surface area contributed by atoms with E-state index in [0.29, 0.717) is 13.2 Å². The standard InChI is InChI=1S/C13H19F3N4O2/c1-8(7-21)18-12-19-10(13(14,15)16)5-11(20-12)17-6-9-3-2-4-22-9/h5,8-9,21H,2-4,6-7H2,1H3,(H2,17,18,19,20)/t8-,9+/m1/s1. The Morgan fingerprint density at radius 2 is 2.23 bits per heavy atom. The molecule has 22 heavy (non-hydrogen) atoms. The molecule has 0 aromatic carbocycles. The van der Waals surface area contributed by atoms with E-state index in [4.69, 9.17) is 9.84 Å². The van der Waals surface area contributed by atoms with Crippen LogP contribution in [0.4, 0.5) is 24.9 Å². The fraction of sp³-hybridized carbons (Fsp3) is 0.692. The van der Waals surface area contributed by atoms with Crippen molar-refractivity contribution >= 4 is 11.8 Å². The maximum absolute atomic E-state index is 12.9. The Labute approximate surface area is 126 Å². The normalized spacial score (nSPS) is 20.0. The molecule has 3 N–H and O–H groups in total. The monoisotopic (exact) mass is 320 g/mol. The van der Waals surface area contributed by atoms with Crippen molar-refractivity contribution in [2.75, 3.05) is 30.4 Å². The SMILES string of the molecule is C[C@H](CO)Nc1nc(NC[C@@H]2CCCO2)cc(C(F)(F)F)n1.